The first kappa shape index (κ1) is 23.4. The molecule has 0 bridgehead atoms. The molecule has 0 radical (unpaired) electrons. The van der Waals surface area contributed by atoms with Gasteiger partial charge in [-0.2, -0.15) is 5.26 Å². The van der Waals surface area contributed by atoms with Gasteiger partial charge in [-0.3, -0.25) is 19.5 Å². The standard InChI is InChI=1S/C25H31N5O2/c1-3-12-30(13-4-2)25(32)21-9-10-23(27-16-21)24(31)28-22-11-14-29(18-22)17-20-7-5-19(15-26)6-8-20/h5-10,16,22H,3-4,11-14,17-18H2,1-2H3,(H,28,31). The van der Waals surface area contributed by atoms with E-state index in [1.54, 1.807) is 12.1 Å². The Morgan fingerprint density at radius 1 is 1.16 bits per heavy atom. The van der Waals surface area contributed by atoms with Crippen LogP contribution in [0.2, 0.25) is 0 Å². The van der Waals surface area contributed by atoms with Crippen LogP contribution in [-0.2, 0) is 6.54 Å². The first-order valence-corrected chi connectivity index (χ1v) is 11.3. The summed E-state index contributed by atoms with van der Waals surface area (Å²) in [4.78, 5) is 33.7. The van der Waals surface area contributed by atoms with Gasteiger partial charge < -0.3 is 10.2 Å². The van der Waals surface area contributed by atoms with E-state index < -0.39 is 0 Å². The van der Waals surface area contributed by atoms with Gasteiger partial charge in [-0.15, -0.1) is 0 Å². The van der Waals surface area contributed by atoms with E-state index in [0.717, 1.165) is 57.5 Å². The molecule has 1 fully saturated rings. The van der Waals surface area contributed by atoms with E-state index in [2.05, 4.69) is 35.1 Å². The number of pyridine rings is 1. The highest BCUT2D eigenvalue weighted by molar-refractivity contribution is 5.96. The number of benzene rings is 1. The zero-order valence-electron chi connectivity index (χ0n) is 18.9. The van der Waals surface area contributed by atoms with Crippen LogP contribution < -0.4 is 5.32 Å². The molecule has 3 rings (SSSR count). The van der Waals surface area contributed by atoms with E-state index in [4.69, 9.17) is 5.26 Å². The molecule has 7 heteroatoms. The van der Waals surface area contributed by atoms with Gasteiger partial charge in [-0.05, 0) is 49.1 Å². The summed E-state index contributed by atoms with van der Waals surface area (Å²) >= 11 is 0. The van der Waals surface area contributed by atoms with Crippen molar-refractivity contribution in [3.05, 3.63) is 65.0 Å². The molecule has 0 saturated carbocycles. The van der Waals surface area contributed by atoms with Crippen molar-refractivity contribution >= 4 is 11.8 Å². The average molecular weight is 434 g/mol. The minimum atomic E-state index is -0.215. The summed E-state index contributed by atoms with van der Waals surface area (Å²) < 4.78 is 0. The lowest BCUT2D eigenvalue weighted by molar-refractivity contribution is 0.0754. The van der Waals surface area contributed by atoms with Crippen molar-refractivity contribution in [3.8, 4) is 6.07 Å². The van der Waals surface area contributed by atoms with E-state index in [-0.39, 0.29) is 17.9 Å². The predicted molar refractivity (Wildman–Crippen MR) is 123 cm³/mol. The number of nitrogens with zero attached hydrogens (tertiary/aromatic N) is 4. The van der Waals surface area contributed by atoms with Gasteiger partial charge in [0.25, 0.3) is 11.8 Å². The maximum absolute atomic E-state index is 12.7. The third-order valence-electron chi connectivity index (χ3n) is 5.61. The van der Waals surface area contributed by atoms with Gasteiger partial charge in [0.05, 0.1) is 17.2 Å². The Hall–Kier alpha value is -3.24. The molecular formula is C25H31N5O2. The SMILES string of the molecule is CCCN(CCC)C(=O)c1ccc(C(=O)NC2CCN(Cc3ccc(C#N)cc3)C2)nc1. The van der Waals surface area contributed by atoms with Crippen LogP contribution in [0.4, 0.5) is 0 Å². The van der Waals surface area contributed by atoms with Gasteiger partial charge in [-0.25, -0.2) is 0 Å². The molecule has 1 aromatic heterocycles. The number of rotatable bonds is 9. The number of hydrogen-bond acceptors (Lipinski definition) is 5. The number of hydrogen-bond donors (Lipinski definition) is 1. The minimum absolute atomic E-state index is 0.0394. The number of aromatic nitrogens is 1. The van der Waals surface area contributed by atoms with E-state index in [0.29, 0.717) is 16.8 Å². The molecule has 1 aliphatic heterocycles. The highest BCUT2D eigenvalue weighted by Crippen LogP contribution is 2.15. The van der Waals surface area contributed by atoms with Crippen molar-refractivity contribution < 1.29 is 9.59 Å². The van der Waals surface area contributed by atoms with Crippen LogP contribution in [0.1, 0.15) is 65.1 Å². The average Bonchev–Trinajstić information content (AvgIpc) is 3.25. The molecule has 1 aliphatic rings. The number of amides is 2. The number of nitrogens with one attached hydrogen (secondary N) is 1. The molecule has 0 aliphatic carbocycles. The summed E-state index contributed by atoms with van der Waals surface area (Å²) in [7, 11) is 0. The minimum Gasteiger partial charge on any atom is -0.347 e. The molecule has 1 N–H and O–H groups in total. The highest BCUT2D eigenvalue weighted by atomic mass is 16.2. The number of carbonyl (C=O) groups is 2. The highest BCUT2D eigenvalue weighted by Gasteiger charge is 2.25. The third kappa shape index (κ3) is 6.14. The molecule has 168 valence electrons. The third-order valence-corrected chi connectivity index (χ3v) is 5.61. The lowest BCUT2D eigenvalue weighted by Gasteiger charge is -2.21. The van der Waals surface area contributed by atoms with Gasteiger partial charge in [-0.1, -0.05) is 26.0 Å². The maximum atomic E-state index is 12.7. The Balaban J connectivity index is 1.52. The van der Waals surface area contributed by atoms with Crippen LogP contribution >= 0.6 is 0 Å². The molecule has 32 heavy (non-hydrogen) atoms. The van der Waals surface area contributed by atoms with Crippen LogP contribution in [0.15, 0.2) is 42.6 Å². The van der Waals surface area contributed by atoms with Crippen molar-refractivity contribution in [2.24, 2.45) is 0 Å². The molecule has 2 amide bonds. The summed E-state index contributed by atoms with van der Waals surface area (Å²) in [5.74, 6) is -0.254. The Morgan fingerprint density at radius 3 is 2.47 bits per heavy atom. The second kappa shape index (κ2) is 11.4. The summed E-state index contributed by atoms with van der Waals surface area (Å²) in [6.07, 6.45) is 4.19. The van der Waals surface area contributed by atoms with Gasteiger partial charge in [0, 0.05) is 45.0 Å². The summed E-state index contributed by atoms with van der Waals surface area (Å²) in [5, 5.41) is 12.0. The smallest absolute Gasteiger partial charge is 0.270 e. The maximum Gasteiger partial charge on any atom is 0.270 e. The van der Waals surface area contributed by atoms with Crippen molar-refractivity contribution in [1.82, 2.24) is 20.1 Å². The van der Waals surface area contributed by atoms with E-state index in [1.165, 1.54) is 6.20 Å². The molecule has 2 aromatic rings. The van der Waals surface area contributed by atoms with Crippen molar-refractivity contribution in [2.75, 3.05) is 26.2 Å². The Kier molecular flexibility index (Phi) is 8.34. The van der Waals surface area contributed by atoms with Gasteiger partial charge in [0.1, 0.15) is 5.69 Å². The van der Waals surface area contributed by atoms with Crippen molar-refractivity contribution in [1.29, 1.82) is 5.26 Å². The summed E-state index contributed by atoms with van der Waals surface area (Å²) in [6, 6.07) is 13.1. The molecule has 0 spiro atoms. The molecule has 2 heterocycles. The molecule has 1 atom stereocenters. The largest absolute Gasteiger partial charge is 0.347 e. The van der Waals surface area contributed by atoms with Crippen LogP contribution in [-0.4, -0.2) is 58.8 Å². The first-order chi connectivity index (χ1) is 15.5. The first-order valence-electron chi connectivity index (χ1n) is 11.3. The van der Waals surface area contributed by atoms with Gasteiger partial charge >= 0.3 is 0 Å². The van der Waals surface area contributed by atoms with Crippen LogP contribution in [0.5, 0.6) is 0 Å². The Morgan fingerprint density at radius 2 is 1.88 bits per heavy atom. The second-order valence-electron chi connectivity index (χ2n) is 8.23. The fourth-order valence-electron chi connectivity index (χ4n) is 3.99. The van der Waals surface area contributed by atoms with Crippen LogP contribution in [0.25, 0.3) is 0 Å². The Labute approximate surface area is 190 Å². The van der Waals surface area contributed by atoms with E-state index in [9.17, 15) is 9.59 Å². The zero-order valence-corrected chi connectivity index (χ0v) is 18.9. The van der Waals surface area contributed by atoms with Crippen LogP contribution in [0, 0.1) is 11.3 Å². The molecule has 7 nitrogen and oxygen atoms in total. The number of carbonyl (C=O) groups excluding carboxylic acids is 2. The monoisotopic (exact) mass is 433 g/mol. The normalized spacial score (nSPS) is 15.8. The fraction of sp³-hybridized carbons (Fsp3) is 0.440. The Bertz CT molecular complexity index is 944. The number of likely N-dealkylation sites (tertiary alicyclic amines) is 1. The van der Waals surface area contributed by atoms with Crippen molar-refractivity contribution in [3.63, 3.8) is 0 Å². The quantitative estimate of drug-likeness (QED) is 0.656. The van der Waals surface area contributed by atoms with Gasteiger partial charge in [0.2, 0.25) is 0 Å². The molecule has 1 unspecified atom stereocenters. The fourth-order valence-corrected chi connectivity index (χ4v) is 3.99. The molecule has 1 aromatic carbocycles. The van der Waals surface area contributed by atoms with Crippen LogP contribution in [0.3, 0.4) is 0 Å². The van der Waals surface area contributed by atoms with Crippen molar-refractivity contribution in [2.45, 2.75) is 45.7 Å². The van der Waals surface area contributed by atoms with E-state index in [1.807, 2.05) is 29.2 Å². The summed E-state index contributed by atoms with van der Waals surface area (Å²) in [5.41, 5.74) is 2.64. The lowest BCUT2D eigenvalue weighted by Crippen LogP contribution is -2.37. The second-order valence-corrected chi connectivity index (χ2v) is 8.23. The summed E-state index contributed by atoms with van der Waals surface area (Å²) in [6.45, 7) is 8.00. The molecular weight excluding hydrogens is 402 g/mol. The molecule has 1 saturated heterocycles. The topological polar surface area (TPSA) is 89.3 Å². The van der Waals surface area contributed by atoms with Gasteiger partial charge in [0.15, 0.2) is 0 Å². The van der Waals surface area contributed by atoms with E-state index >= 15 is 0 Å². The lowest BCUT2D eigenvalue weighted by atomic mass is 10.1. The zero-order chi connectivity index (χ0) is 22.9. The predicted octanol–water partition coefficient (Wildman–Crippen LogP) is 3.22. The number of nitriles is 1.